The zero-order valence-electron chi connectivity index (χ0n) is 24.7. The molecule has 3 aliphatic heterocycles. The Morgan fingerprint density at radius 2 is 1.76 bits per heavy atom. The third-order valence-electron chi connectivity index (χ3n) is 11.3. The Balaban J connectivity index is 1.31. The summed E-state index contributed by atoms with van der Waals surface area (Å²) < 4.78 is 17.7. The molecule has 4 bridgehead atoms. The van der Waals surface area contributed by atoms with Crippen molar-refractivity contribution in [1.82, 2.24) is 4.90 Å². The van der Waals surface area contributed by atoms with Gasteiger partial charge >= 0.3 is 12.1 Å². The van der Waals surface area contributed by atoms with Crippen molar-refractivity contribution in [3.8, 4) is 0 Å². The number of aliphatic hydroxyl groups excluding tert-OH is 1. The smallest absolute Gasteiger partial charge is 0.410 e. The number of hydrogen-bond donors (Lipinski definition) is 2. The summed E-state index contributed by atoms with van der Waals surface area (Å²) in [5, 5.41) is 24.1. The molecule has 0 aromatic rings. The van der Waals surface area contributed by atoms with Crippen molar-refractivity contribution in [2.24, 2.45) is 39.9 Å². The largest absolute Gasteiger partial charge is 0.460 e. The molecule has 3 heterocycles. The number of nitrogens with zero attached hydrogens (tertiary/aromatic N) is 1. The Morgan fingerprint density at radius 1 is 1.10 bits per heavy atom. The van der Waals surface area contributed by atoms with Crippen LogP contribution in [0.15, 0.2) is 12.2 Å². The molecule has 7 fully saturated rings. The van der Waals surface area contributed by atoms with Gasteiger partial charge in [-0.3, -0.25) is 14.4 Å². The molecule has 41 heavy (non-hydrogen) atoms. The third-order valence-corrected chi connectivity index (χ3v) is 11.3. The maximum Gasteiger partial charge on any atom is 0.410 e. The number of aliphatic hydroxyl groups is 2. The maximum atomic E-state index is 14.2. The van der Waals surface area contributed by atoms with Gasteiger partial charge in [-0.25, -0.2) is 4.79 Å². The zero-order chi connectivity index (χ0) is 29.9. The number of fused-ring (bicyclic) bond motifs is 2. The lowest BCUT2D eigenvalue weighted by atomic mass is 9.36. The molecule has 4 saturated carbocycles. The summed E-state index contributed by atoms with van der Waals surface area (Å²) in [6.07, 6.45) is -0.509. The van der Waals surface area contributed by atoms with E-state index in [2.05, 4.69) is 6.58 Å². The molecule has 0 radical (unpaired) electrons. The second-order valence-corrected chi connectivity index (χ2v) is 14.9. The molecule has 3 saturated heterocycles. The number of rotatable bonds is 2. The van der Waals surface area contributed by atoms with Gasteiger partial charge < -0.3 is 29.3 Å². The number of amides is 1. The fourth-order valence-corrected chi connectivity index (χ4v) is 9.61. The van der Waals surface area contributed by atoms with Crippen molar-refractivity contribution < 1.29 is 43.6 Å². The molecule has 1 amide bonds. The van der Waals surface area contributed by atoms with Gasteiger partial charge in [0.05, 0.1) is 17.9 Å². The van der Waals surface area contributed by atoms with E-state index in [9.17, 15) is 29.4 Å². The van der Waals surface area contributed by atoms with Crippen molar-refractivity contribution in [3.05, 3.63) is 12.2 Å². The Morgan fingerprint density at radius 3 is 2.39 bits per heavy atom. The highest BCUT2D eigenvalue weighted by Crippen LogP contribution is 2.76. The number of esters is 1. The van der Waals surface area contributed by atoms with Gasteiger partial charge in [-0.15, -0.1) is 0 Å². The van der Waals surface area contributed by atoms with Gasteiger partial charge in [-0.05, 0) is 69.8 Å². The molecule has 7 aliphatic rings. The van der Waals surface area contributed by atoms with Crippen LogP contribution < -0.4 is 0 Å². The van der Waals surface area contributed by atoms with E-state index in [1.165, 1.54) is 0 Å². The monoisotopic (exact) mass is 573 g/mol. The molecular formula is C31H43NO9. The molecule has 8 atom stereocenters. The summed E-state index contributed by atoms with van der Waals surface area (Å²) in [5.41, 5.74) is -3.83. The molecular weight excluding hydrogens is 530 g/mol. The summed E-state index contributed by atoms with van der Waals surface area (Å²) in [6, 6.07) is 0. The summed E-state index contributed by atoms with van der Waals surface area (Å²) in [6.45, 7) is 14.0. The summed E-state index contributed by atoms with van der Waals surface area (Å²) in [4.78, 5) is 55.8. The van der Waals surface area contributed by atoms with Crippen molar-refractivity contribution in [1.29, 1.82) is 0 Å². The Kier molecular flexibility index (Phi) is 6.22. The first-order valence-corrected chi connectivity index (χ1v) is 15.0. The van der Waals surface area contributed by atoms with E-state index in [0.29, 0.717) is 51.6 Å². The first-order chi connectivity index (χ1) is 19.0. The van der Waals surface area contributed by atoms with E-state index in [-0.39, 0.29) is 18.0 Å². The van der Waals surface area contributed by atoms with E-state index < -0.39 is 81.4 Å². The third kappa shape index (κ3) is 3.59. The minimum Gasteiger partial charge on any atom is -0.460 e. The molecule has 10 nitrogen and oxygen atoms in total. The number of carbonyl (C=O) groups is 4. The van der Waals surface area contributed by atoms with Gasteiger partial charge in [-0.1, -0.05) is 20.4 Å². The minimum atomic E-state index is -2.32. The molecule has 2 N–H and O–H groups in total. The SMILES string of the molecule is C=C1C(=O)[C@]23[C@H](OC(=O)C4CCN(C(=O)OC(C)(C)C)CC4)[C@H]1CC[C@H]2[C@@]12CO[C@@]3(O)[C@@H](O)[C@@H]1C(C)(C)CCC2=O. The zero-order valence-corrected chi connectivity index (χ0v) is 24.7. The van der Waals surface area contributed by atoms with E-state index in [1.54, 1.807) is 25.7 Å². The number of Topliss-reactive ketones (excluding diaryl/α,β-unsaturated/α-hetero) is 2. The number of likely N-dealkylation sites (tertiary alicyclic amines) is 1. The number of hydrogen-bond acceptors (Lipinski definition) is 9. The normalized spacial score (nSPS) is 43.4. The Bertz CT molecular complexity index is 1210. The fraction of sp³-hybridized carbons (Fsp3) is 0.806. The van der Waals surface area contributed by atoms with Crippen LogP contribution in [-0.2, 0) is 28.6 Å². The van der Waals surface area contributed by atoms with E-state index in [0.717, 1.165) is 0 Å². The molecule has 226 valence electrons. The lowest BCUT2D eigenvalue weighted by molar-refractivity contribution is -0.437. The van der Waals surface area contributed by atoms with Gasteiger partial charge in [0.25, 0.3) is 0 Å². The van der Waals surface area contributed by atoms with Crippen LogP contribution in [0, 0.1) is 39.9 Å². The van der Waals surface area contributed by atoms with E-state index >= 15 is 0 Å². The van der Waals surface area contributed by atoms with Gasteiger partial charge in [-0.2, -0.15) is 0 Å². The standard InChI is InChI=1S/C31H43NO9/c1-16-18-7-8-19-29-15-39-31(38,23(35)21(29)28(5,6)12-9-20(29)33)30(19,22(16)34)24(18)40-25(36)17-10-13-32(14-11-17)26(37)41-27(2,3)4/h17-19,21,23-24,35,38H,1,7-15H2,2-6H3/t18-,19-,21+,23-,24+,29+,30-,31-/m0/s1. The maximum absolute atomic E-state index is 14.2. The van der Waals surface area contributed by atoms with Crippen LogP contribution >= 0.6 is 0 Å². The van der Waals surface area contributed by atoms with Crippen LogP contribution in [0.25, 0.3) is 0 Å². The summed E-state index contributed by atoms with van der Waals surface area (Å²) >= 11 is 0. The highest BCUT2D eigenvalue weighted by atomic mass is 16.6. The predicted octanol–water partition coefficient (Wildman–Crippen LogP) is 2.78. The number of carbonyl (C=O) groups excluding carboxylic acids is 4. The first kappa shape index (κ1) is 28.8. The lowest BCUT2D eigenvalue weighted by Crippen LogP contribution is -2.85. The minimum absolute atomic E-state index is 0.0599. The molecule has 0 unspecified atom stereocenters. The number of ketones is 2. The first-order valence-electron chi connectivity index (χ1n) is 15.0. The Hall–Kier alpha value is -2.30. The molecule has 2 spiro atoms. The topological polar surface area (TPSA) is 140 Å². The summed E-state index contributed by atoms with van der Waals surface area (Å²) in [7, 11) is 0. The quantitative estimate of drug-likeness (QED) is 0.377. The van der Waals surface area contributed by atoms with Crippen LogP contribution in [0.1, 0.15) is 73.1 Å². The second-order valence-electron chi connectivity index (χ2n) is 14.9. The molecule has 4 aliphatic carbocycles. The average Bonchev–Trinajstić information content (AvgIpc) is 3.01. The van der Waals surface area contributed by atoms with E-state index in [1.807, 2.05) is 13.8 Å². The van der Waals surface area contributed by atoms with E-state index in [4.69, 9.17) is 14.2 Å². The van der Waals surface area contributed by atoms with Crippen molar-refractivity contribution in [3.63, 3.8) is 0 Å². The van der Waals surface area contributed by atoms with Gasteiger partial charge in [0.15, 0.2) is 5.78 Å². The average molecular weight is 574 g/mol. The fourth-order valence-electron chi connectivity index (χ4n) is 9.61. The highest BCUT2D eigenvalue weighted by Gasteiger charge is 2.88. The van der Waals surface area contributed by atoms with Crippen LogP contribution in [-0.4, -0.2) is 82.0 Å². The molecule has 0 aromatic heterocycles. The van der Waals surface area contributed by atoms with Crippen LogP contribution in [0.4, 0.5) is 4.79 Å². The van der Waals surface area contributed by atoms with Crippen molar-refractivity contribution in [2.45, 2.75) is 96.7 Å². The highest BCUT2D eigenvalue weighted by molar-refractivity contribution is 6.06. The Labute approximate surface area is 240 Å². The molecule has 7 rings (SSSR count). The van der Waals surface area contributed by atoms with Crippen LogP contribution in [0.3, 0.4) is 0 Å². The molecule has 0 aromatic carbocycles. The van der Waals surface area contributed by atoms with Crippen LogP contribution in [0.5, 0.6) is 0 Å². The van der Waals surface area contributed by atoms with Crippen molar-refractivity contribution >= 4 is 23.6 Å². The van der Waals surface area contributed by atoms with Gasteiger partial charge in [0.2, 0.25) is 5.79 Å². The van der Waals surface area contributed by atoms with Crippen molar-refractivity contribution in [2.75, 3.05) is 19.7 Å². The molecule has 10 heteroatoms. The lowest BCUT2D eigenvalue weighted by Gasteiger charge is -2.73. The second kappa shape index (κ2) is 8.86. The number of piperidine rings is 1. The van der Waals surface area contributed by atoms with Gasteiger partial charge in [0, 0.05) is 31.3 Å². The number of ether oxygens (including phenoxy) is 3. The predicted molar refractivity (Wildman–Crippen MR) is 144 cm³/mol. The van der Waals surface area contributed by atoms with Crippen LogP contribution in [0.2, 0.25) is 0 Å². The van der Waals surface area contributed by atoms with Gasteiger partial charge in [0.1, 0.15) is 29.0 Å². The summed E-state index contributed by atoms with van der Waals surface area (Å²) in [5.74, 6) is -5.68.